The minimum Gasteiger partial charge on any atom is -0.761 e. The van der Waals surface area contributed by atoms with Crippen LogP contribution in [0.5, 0.6) is 5.88 Å². The number of rotatable bonds is 4. The van der Waals surface area contributed by atoms with Crippen LogP contribution in [0.1, 0.15) is 25.3 Å². The molecular weight excluding hydrogens is 328 g/mol. The van der Waals surface area contributed by atoms with Crippen molar-refractivity contribution in [3.05, 3.63) is 59.1 Å². The van der Waals surface area contributed by atoms with Crippen molar-refractivity contribution < 1.29 is 4.74 Å². The van der Waals surface area contributed by atoms with E-state index in [4.69, 9.17) is 4.74 Å². The molecule has 3 rings (SSSR count). The van der Waals surface area contributed by atoms with Gasteiger partial charge < -0.3 is 20.3 Å². The molecule has 2 aromatic rings. The quantitative estimate of drug-likeness (QED) is 0.674. The van der Waals surface area contributed by atoms with Crippen molar-refractivity contribution in [3.63, 3.8) is 0 Å². The first kappa shape index (κ1) is 17.8. The predicted octanol–water partition coefficient (Wildman–Crippen LogP) is 3.36. The minimum absolute atomic E-state index is 0.514. The number of allylic oxidation sites excluding steroid dienone is 1. The Morgan fingerprint density at radius 1 is 1.23 bits per heavy atom. The number of hydrogen-bond donors (Lipinski definition) is 1. The molecule has 1 saturated heterocycles. The Morgan fingerprint density at radius 3 is 2.77 bits per heavy atom. The van der Waals surface area contributed by atoms with Crippen LogP contribution in [0.25, 0.3) is 0 Å². The van der Waals surface area contributed by atoms with Crippen molar-refractivity contribution in [2.45, 2.75) is 19.8 Å². The molecule has 26 heavy (non-hydrogen) atoms. The Kier molecular flexibility index (Phi) is 6.07. The number of nitrogens with zero attached hydrogens (tertiary/aromatic N) is 3. The number of anilines is 2. The summed E-state index contributed by atoms with van der Waals surface area (Å²) in [6.45, 7) is 4.12. The van der Waals surface area contributed by atoms with Crippen LogP contribution < -0.4 is 15.1 Å². The van der Waals surface area contributed by atoms with Crippen LogP contribution in [-0.4, -0.2) is 29.7 Å². The van der Waals surface area contributed by atoms with Crippen molar-refractivity contribution in [1.29, 1.82) is 0 Å². The minimum atomic E-state index is 0.514. The molecule has 1 aliphatic heterocycles. The lowest BCUT2D eigenvalue weighted by Gasteiger charge is -2.31. The molecule has 1 fully saturated rings. The van der Waals surface area contributed by atoms with Crippen molar-refractivity contribution >= 4 is 11.5 Å². The Morgan fingerprint density at radius 2 is 2.00 bits per heavy atom. The van der Waals surface area contributed by atoms with E-state index in [1.54, 1.807) is 24.5 Å². The van der Waals surface area contributed by atoms with Gasteiger partial charge in [-0.25, -0.2) is 9.97 Å². The lowest BCUT2D eigenvalue weighted by atomic mass is 10.0. The van der Waals surface area contributed by atoms with Crippen LogP contribution in [0, 0.1) is 17.0 Å². The molecule has 2 aromatic heterocycles. The van der Waals surface area contributed by atoms with Gasteiger partial charge in [-0.15, -0.1) is 0 Å². The first-order valence-corrected chi connectivity index (χ1v) is 8.67. The molecule has 0 atom stereocenters. The zero-order chi connectivity index (χ0) is 18.2. The van der Waals surface area contributed by atoms with E-state index in [9.17, 15) is 5.21 Å². The third kappa shape index (κ3) is 4.32. The smallest absolute Gasteiger partial charge is 0.229 e. The highest BCUT2D eigenvalue weighted by Crippen LogP contribution is 2.27. The molecule has 0 bridgehead atoms. The summed E-state index contributed by atoms with van der Waals surface area (Å²) in [6.07, 6.45) is 7.18. The zero-order valence-corrected chi connectivity index (χ0v) is 14.7. The average Bonchev–Trinajstić information content (AvgIpc) is 2.70. The average molecular weight is 349 g/mol. The van der Waals surface area contributed by atoms with Gasteiger partial charge in [0.05, 0.1) is 17.9 Å². The van der Waals surface area contributed by atoms with Crippen LogP contribution >= 0.6 is 0 Å². The number of aromatic nitrogens is 2. The Bertz CT molecular complexity index is 829. The highest BCUT2D eigenvalue weighted by Gasteiger charge is 2.16. The van der Waals surface area contributed by atoms with Crippen LogP contribution in [0.3, 0.4) is 0 Å². The summed E-state index contributed by atoms with van der Waals surface area (Å²) in [5.74, 6) is 7.52. The monoisotopic (exact) mass is 349 g/mol. The molecule has 0 radical (unpaired) electrons. The summed E-state index contributed by atoms with van der Waals surface area (Å²) in [5.41, 5.74) is 4.57. The largest absolute Gasteiger partial charge is 0.761 e. The van der Waals surface area contributed by atoms with E-state index in [1.807, 2.05) is 30.6 Å². The summed E-state index contributed by atoms with van der Waals surface area (Å²) < 4.78 is 5.49. The fourth-order valence-corrected chi connectivity index (χ4v) is 2.83. The normalized spacial score (nSPS) is 13.6. The van der Waals surface area contributed by atoms with E-state index in [-0.39, 0.29) is 0 Å². The second-order valence-corrected chi connectivity index (χ2v) is 5.82. The van der Waals surface area contributed by atoms with Gasteiger partial charge in [-0.05, 0) is 50.1 Å². The van der Waals surface area contributed by atoms with E-state index in [2.05, 4.69) is 26.7 Å². The Labute approximate surface area is 153 Å². The molecule has 0 aliphatic carbocycles. The van der Waals surface area contributed by atoms with E-state index >= 15 is 0 Å². The molecular formula is C20H21N4O2-. The van der Waals surface area contributed by atoms with Crippen LogP contribution in [0.15, 0.2) is 48.3 Å². The lowest BCUT2D eigenvalue weighted by molar-refractivity contribution is 0.326. The second-order valence-electron chi connectivity index (χ2n) is 5.82. The van der Waals surface area contributed by atoms with Crippen LogP contribution in [0.2, 0.25) is 0 Å². The molecule has 6 nitrogen and oxygen atoms in total. The number of hydrogen-bond acceptors (Lipinski definition) is 6. The molecule has 0 saturated carbocycles. The number of nitrogens with one attached hydrogen (secondary N) is 1. The number of pyridine rings is 2. The van der Waals surface area contributed by atoms with Crippen LogP contribution in [-0.2, 0) is 0 Å². The summed E-state index contributed by atoms with van der Waals surface area (Å²) in [5, 5.41) is 11.0. The molecule has 0 spiro atoms. The van der Waals surface area contributed by atoms with Gasteiger partial charge >= 0.3 is 0 Å². The van der Waals surface area contributed by atoms with Gasteiger partial charge in [0.25, 0.3) is 0 Å². The Balaban J connectivity index is 1.64. The second kappa shape index (κ2) is 8.88. The summed E-state index contributed by atoms with van der Waals surface area (Å²) in [4.78, 5) is 10.6. The molecule has 1 N–H and O–H groups in total. The topological polar surface area (TPSA) is 73.3 Å². The third-order valence-corrected chi connectivity index (χ3v) is 4.14. The Hall–Kier alpha value is -3.04. The maximum atomic E-state index is 11.0. The lowest BCUT2D eigenvalue weighted by Crippen LogP contribution is -2.31. The fraction of sp³-hybridized carbons (Fsp3) is 0.300. The van der Waals surface area contributed by atoms with Crippen molar-refractivity contribution in [2.24, 2.45) is 0 Å². The van der Waals surface area contributed by atoms with Gasteiger partial charge in [-0.2, -0.15) is 0 Å². The van der Waals surface area contributed by atoms with E-state index in [0.29, 0.717) is 24.0 Å². The van der Waals surface area contributed by atoms with Gasteiger partial charge in [0, 0.05) is 25.5 Å². The first-order valence-electron chi connectivity index (χ1n) is 8.67. The van der Waals surface area contributed by atoms with E-state index < -0.39 is 0 Å². The van der Waals surface area contributed by atoms with Gasteiger partial charge in [-0.1, -0.05) is 17.4 Å². The molecule has 0 aromatic carbocycles. The maximum Gasteiger partial charge on any atom is 0.229 e. The third-order valence-electron chi connectivity index (χ3n) is 4.14. The van der Waals surface area contributed by atoms with Crippen molar-refractivity contribution in [2.75, 3.05) is 30.1 Å². The molecule has 0 unspecified atom stereocenters. The summed E-state index contributed by atoms with van der Waals surface area (Å²) >= 11 is 0. The zero-order valence-electron chi connectivity index (χ0n) is 14.7. The van der Waals surface area contributed by atoms with Crippen molar-refractivity contribution in [3.8, 4) is 17.7 Å². The summed E-state index contributed by atoms with van der Waals surface area (Å²) in [6, 6.07) is 7.26. The highest BCUT2D eigenvalue weighted by atomic mass is 16.5. The van der Waals surface area contributed by atoms with Crippen molar-refractivity contribution in [1.82, 2.24) is 9.97 Å². The fourth-order valence-electron chi connectivity index (χ4n) is 2.83. The SMILES string of the molecule is CCOc1ncccc1C#CC=C1CCN(c2ncccc2N[O-])CC1. The highest BCUT2D eigenvalue weighted by molar-refractivity contribution is 5.66. The maximum absolute atomic E-state index is 11.0. The molecule has 6 heteroatoms. The van der Waals surface area contributed by atoms with Gasteiger partial charge in [0.2, 0.25) is 5.88 Å². The standard InChI is InChI=1S/C20H21N4O2/c1-2-26-20-17(8-4-13-22-20)7-3-6-16-10-14-24(15-11-16)19-18(23-25)9-5-12-21-19/h4-6,8-9,12-13,23H,2,10-11,14-15H2,1H3/q-1. The predicted molar refractivity (Wildman–Crippen MR) is 103 cm³/mol. The number of ether oxygens (including phenoxy) is 1. The molecule has 1 aliphatic rings. The molecule has 0 amide bonds. The number of piperidine rings is 1. The van der Waals surface area contributed by atoms with Gasteiger partial charge in [-0.3, -0.25) is 0 Å². The first-order chi connectivity index (χ1) is 12.8. The van der Waals surface area contributed by atoms with Crippen LogP contribution in [0.4, 0.5) is 11.5 Å². The summed E-state index contributed by atoms with van der Waals surface area (Å²) in [7, 11) is 0. The molecule has 3 heterocycles. The van der Waals surface area contributed by atoms with E-state index in [1.165, 1.54) is 5.57 Å². The molecule has 134 valence electrons. The van der Waals surface area contributed by atoms with E-state index in [0.717, 1.165) is 31.5 Å². The van der Waals surface area contributed by atoms with Gasteiger partial charge in [0.15, 0.2) is 5.82 Å². The van der Waals surface area contributed by atoms with Gasteiger partial charge in [0.1, 0.15) is 0 Å².